The molecule has 0 spiro atoms. The predicted octanol–water partition coefficient (Wildman–Crippen LogP) is 2.05. The summed E-state index contributed by atoms with van der Waals surface area (Å²) >= 11 is 0. The summed E-state index contributed by atoms with van der Waals surface area (Å²) in [6.07, 6.45) is -0.523. The van der Waals surface area contributed by atoms with Crippen LogP contribution in [0.5, 0.6) is 0 Å². The van der Waals surface area contributed by atoms with Crippen LogP contribution in [0.1, 0.15) is 51.0 Å². The maximum absolute atomic E-state index is 13.4. The monoisotopic (exact) mass is 514 g/mol. The van der Waals surface area contributed by atoms with Crippen LogP contribution in [0.3, 0.4) is 0 Å². The molecule has 0 bridgehead atoms. The molecule has 200 valence electrons. The molecule has 1 atom stereocenters. The van der Waals surface area contributed by atoms with Crippen molar-refractivity contribution < 1.29 is 28.7 Å². The molecular formula is C26H34N4O7. The Bertz CT molecular complexity index is 1210. The molecule has 3 rings (SSSR count). The van der Waals surface area contributed by atoms with Gasteiger partial charge in [0.15, 0.2) is 5.43 Å². The van der Waals surface area contributed by atoms with Crippen LogP contribution >= 0.6 is 0 Å². The zero-order chi connectivity index (χ0) is 27.2. The summed E-state index contributed by atoms with van der Waals surface area (Å²) in [7, 11) is 0. The lowest BCUT2D eigenvalue weighted by atomic mass is 10.1. The molecule has 0 aliphatic carbocycles. The molecule has 1 aliphatic heterocycles. The number of piperazine rings is 1. The van der Waals surface area contributed by atoms with E-state index in [-0.39, 0.29) is 62.7 Å². The number of aromatic amines is 1. The molecule has 1 unspecified atom stereocenters. The number of nitrogens with one attached hydrogen (secondary N) is 2. The number of fused-ring (bicyclic) bond motifs is 1. The van der Waals surface area contributed by atoms with Gasteiger partial charge in [0.05, 0.1) is 6.61 Å². The van der Waals surface area contributed by atoms with E-state index < -0.39 is 29.6 Å². The lowest BCUT2D eigenvalue weighted by molar-refractivity contribution is -0.155. The zero-order valence-corrected chi connectivity index (χ0v) is 21.7. The minimum atomic E-state index is -1.04. The van der Waals surface area contributed by atoms with Gasteiger partial charge in [0.25, 0.3) is 5.91 Å². The third kappa shape index (κ3) is 7.55. The van der Waals surface area contributed by atoms with Gasteiger partial charge in [-0.05, 0) is 46.2 Å². The van der Waals surface area contributed by atoms with E-state index in [1.54, 1.807) is 56.9 Å². The molecule has 1 aromatic carbocycles. The van der Waals surface area contributed by atoms with Gasteiger partial charge in [-0.25, -0.2) is 4.79 Å². The van der Waals surface area contributed by atoms with Gasteiger partial charge in [0.1, 0.15) is 17.3 Å². The molecule has 37 heavy (non-hydrogen) atoms. The number of hydrogen-bond donors (Lipinski definition) is 2. The van der Waals surface area contributed by atoms with Gasteiger partial charge in [0.2, 0.25) is 5.91 Å². The number of benzene rings is 1. The molecule has 0 saturated carbocycles. The van der Waals surface area contributed by atoms with Gasteiger partial charge in [-0.15, -0.1) is 0 Å². The van der Waals surface area contributed by atoms with Gasteiger partial charge in [0, 0.05) is 49.6 Å². The summed E-state index contributed by atoms with van der Waals surface area (Å²) in [5, 5.41) is 3.12. The minimum Gasteiger partial charge on any atom is -0.460 e. The van der Waals surface area contributed by atoms with Crippen molar-refractivity contribution in [2.24, 2.45) is 0 Å². The maximum Gasteiger partial charge on any atom is 0.409 e. The Balaban J connectivity index is 1.75. The number of carbonyl (C=O) groups is 4. The summed E-state index contributed by atoms with van der Waals surface area (Å²) in [6, 6.07) is 6.95. The highest BCUT2D eigenvalue weighted by Gasteiger charge is 2.31. The quantitative estimate of drug-likeness (QED) is 0.539. The van der Waals surface area contributed by atoms with E-state index in [0.29, 0.717) is 10.9 Å². The number of rotatable bonds is 7. The SMILES string of the molecule is CCOC(=O)N1CCN(C(=O)C(CCC(=O)OC(C)(C)C)NC(=O)c2cc(=O)c3ccccc3[nH]2)CC1. The molecule has 1 aliphatic rings. The molecular weight excluding hydrogens is 480 g/mol. The molecule has 11 nitrogen and oxygen atoms in total. The first kappa shape index (κ1) is 27.7. The van der Waals surface area contributed by atoms with Crippen LogP contribution in [-0.2, 0) is 19.1 Å². The van der Waals surface area contributed by atoms with E-state index in [1.807, 2.05) is 0 Å². The normalized spacial score (nSPS) is 14.7. The van der Waals surface area contributed by atoms with E-state index in [1.165, 1.54) is 11.0 Å². The Hall–Kier alpha value is -3.89. The first-order chi connectivity index (χ1) is 17.5. The minimum absolute atomic E-state index is 0.00546. The summed E-state index contributed by atoms with van der Waals surface area (Å²) in [5.41, 5.74) is -0.516. The molecule has 2 aromatic rings. The first-order valence-corrected chi connectivity index (χ1v) is 12.3. The third-order valence-electron chi connectivity index (χ3n) is 5.76. The summed E-state index contributed by atoms with van der Waals surface area (Å²) in [5.74, 6) is -1.52. The van der Waals surface area contributed by atoms with E-state index >= 15 is 0 Å². The third-order valence-corrected chi connectivity index (χ3v) is 5.76. The second-order valence-electron chi connectivity index (χ2n) is 9.76. The van der Waals surface area contributed by atoms with Crippen molar-refractivity contribution in [2.45, 2.75) is 52.2 Å². The lowest BCUT2D eigenvalue weighted by Gasteiger charge is -2.36. The van der Waals surface area contributed by atoms with Crippen molar-refractivity contribution >= 4 is 34.8 Å². The van der Waals surface area contributed by atoms with Crippen molar-refractivity contribution in [3.63, 3.8) is 0 Å². The van der Waals surface area contributed by atoms with Crippen molar-refractivity contribution in [1.29, 1.82) is 0 Å². The Labute approximate surface area is 215 Å². The maximum atomic E-state index is 13.4. The van der Waals surface area contributed by atoms with Crippen molar-refractivity contribution in [1.82, 2.24) is 20.1 Å². The Kier molecular flexibility index (Phi) is 8.90. The zero-order valence-electron chi connectivity index (χ0n) is 21.7. The number of aromatic nitrogens is 1. The number of nitrogens with zero attached hydrogens (tertiary/aromatic N) is 2. The Morgan fingerprint density at radius 3 is 2.35 bits per heavy atom. The number of H-pyrrole nitrogens is 1. The fourth-order valence-electron chi connectivity index (χ4n) is 4.01. The smallest absolute Gasteiger partial charge is 0.409 e. The fourth-order valence-corrected chi connectivity index (χ4v) is 4.01. The second kappa shape index (κ2) is 11.9. The van der Waals surface area contributed by atoms with Crippen molar-refractivity contribution in [2.75, 3.05) is 32.8 Å². The van der Waals surface area contributed by atoms with Gasteiger partial charge in [-0.3, -0.25) is 19.2 Å². The molecule has 0 radical (unpaired) electrons. The van der Waals surface area contributed by atoms with Gasteiger partial charge in [-0.2, -0.15) is 0 Å². The van der Waals surface area contributed by atoms with E-state index in [9.17, 15) is 24.0 Å². The van der Waals surface area contributed by atoms with Gasteiger partial charge >= 0.3 is 12.1 Å². The van der Waals surface area contributed by atoms with E-state index in [2.05, 4.69) is 10.3 Å². The number of pyridine rings is 1. The number of para-hydroxylation sites is 1. The molecule has 1 fully saturated rings. The number of esters is 1. The largest absolute Gasteiger partial charge is 0.460 e. The van der Waals surface area contributed by atoms with Gasteiger partial charge in [-0.1, -0.05) is 12.1 Å². The molecule has 2 N–H and O–H groups in total. The predicted molar refractivity (Wildman–Crippen MR) is 136 cm³/mol. The number of hydrogen-bond acceptors (Lipinski definition) is 7. The number of ether oxygens (including phenoxy) is 2. The van der Waals surface area contributed by atoms with Crippen molar-refractivity contribution in [3.8, 4) is 0 Å². The van der Waals surface area contributed by atoms with E-state index in [4.69, 9.17) is 9.47 Å². The molecule has 11 heteroatoms. The molecule has 1 saturated heterocycles. The van der Waals surface area contributed by atoms with E-state index in [0.717, 1.165) is 0 Å². The summed E-state index contributed by atoms with van der Waals surface area (Å²) < 4.78 is 10.4. The second-order valence-corrected chi connectivity index (χ2v) is 9.76. The van der Waals surface area contributed by atoms with Crippen LogP contribution < -0.4 is 10.7 Å². The highest BCUT2D eigenvalue weighted by Crippen LogP contribution is 2.14. The average Bonchev–Trinajstić information content (AvgIpc) is 2.85. The van der Waals surface area contributed by atoms with Crippen LogP contribution in [0.15, 0.2) is 35.1 Å². The summed E-state index contributed by atoms with van der Waals surface area (Å²) in [6.45, 7) is 8.29. The van der Waals surface area contributed by atoms with Crippen LogP contribution in [-0.4, -0.2) is 83.1 Å². The number of carbonyl (C=O) groups excluding carboxylic acids is 4. The molecule has 2 heterocycles. The first-order valence-electron chi connectivity index (χ1n) is 12.3. The van der Waals surface area contributed by atoms with Crippen LogP contribution in [0, 0.1) is 0 Å². The van der Waals surface area contributed by atoms with Crippen LogP contribution in [0.2, 0.25) is 0 Å². The average molecular weight is 515 g/mol. The fraction of sp³-hybridized carbons (Fsp3) is 0.500. The van der Waals surface area contributed by atoms with Crippen LogP contribution in [0.25, 0.3) is 10.9 Å². The summed E-state index contributed by atoms with van der Waals surface area (Å²) in [4.78, 5) is 69.3. The highest BCUT2D eigenvalue weighted by molar-refractivity contribution is 5.98. The Morgan fingerprint density at radius 2 is 1.70 bits per heavy atom. The molecule has 1 aromatic heterocycles. The van der Waals surface area contributed by atoms with Crippen molar-refractivity contribution in [3.05, 3.63) is 46.2 Å². The number of amides is 3. The molecule has 3 amide bonds. The topological polar surface area (TPSA) is 138 Å². The van der Waals surface area contributed by atoms with Gasteiger partial charge < -0.3 is 29.6 Å². The Morgan fingerprint density at radius 1 is 1.05 bits per heavy atom. The van der Waals surface area contributed by atoms with Crippen LogP contribution in [0.4, 0.5) is 4.79 Å². The highest BCUT2D eigenvalue weighted by atomic mass is 16.6. The standard InChI is InChI=1S/C26H34N4O7/c1-5-36-25(35)30-14-12-29(13-15-30)24(34)19(10-11-22(32)37-26(2,3)4)28-23(33)20-16-21(31)17-8-6-7-9-18(17)27-20/h6-9,16,19H,5,10-15H2,1-4H3,(H,27,31)(H,28,33). The lowest BCUT2D eigenvalue weighted by Crippen LogP contribution is -2.56.